The van der Waals surface area contributed by atoms with Crippen molar-refractivity contribution in [2.45, 2.75) is 26.7 Å². The second kappa shape index (κ2) is 6.24. The zero-order valence-corrected chi connectivity index (χ0v) is 12.0. The van der Waals surface area contributed by atoms with Crippen molar-refractivity contribution in [3.63, 3.8) is 0 Å². The van der Waals surface area contributed by atoms with Gasteiger partial charge in [-0.05, 0) is 59.9 Å². The topological polar surface area (TPSA) is 41.8 Å². The number of benzene rings is 2. The smallest absolute Gasteiger partial charge is 0.131 e. The molecule has 0 aromatic heterocycles. The summed E-state index contributed by atoms with van der Waals surface area (Å²) in [5, 5.41) is 11.5. The quantitative estimate of drug-likeness (QED) is 0.496. The molecule has 20 heavy (non-hydrogen) atoms. The molecule has 0 aliphatic carbocycles. The molecule has 0 fully saturated rings. The van der Waals surface area contributed by atoms with Crippen molar-refractivity contribution in [3.05, 3.63) is 59.2 Å². The van der Waals surface area contributed by atoms with Crippen LogP contribution in [0.5, 0.6) is 11.5 Å². The molecule has 3 nitrogen and oxygen atoms in total. The largest absolute Gasteiger partial charge is 0.457 e. The molecule has 0 amide bonds. The van der Waals surface area contributed by atoms with Crippen LogP contribution in [0.25, 0.3) is 0 Å². The van der Waals surface area contributed by atoms with Crippen LogP contribution in [0, 0.1) is 6.92 Å². The van der Waals surface area contributed by atoms with Crippen LogP contribution in [0.2, 0.25) is 0 Å². The van der Waals surface area contributed by atoms with E-state index in [0.29, 0.717) is 5.92 Å². The lowest BCUT2D eigenvalue weighted by atomic mass is 10.0. The van der Waals surface area contributed by atoms with Gasteiger partial charge in [-0.25, -0.2) is 0 Å². The first-order valence-corrected chi connectivity index (χ1v) is 6.66. The van der Waals surface area contributed by atoms with Crippen LogP contribution in [0.3, 0.4) is 0 Å². The van der Waals surface area contributed by atoms with Gasteiger partial charge in [-0.1, -0.05) is 31.1 Å². The van der Waals surface area contributed by atoms with Gasteiger partial charge in [0.05, 0.1) is 6.21 Å². The van der Waals surface area contributed by atoms with Crippen molar-refractivity contribution < 1.29 is 9.94 Å². The van der Waals surface area contributed by atoms with E-state index in [1.807, 2.05) is 24.3 Å². The van der Waals surface area contributed by atoms with E-state index in [0.717, 1.165) is 17.1 Å². The van der Waals surface area contributed by atoms with Gasteiger partial charge in [0.25, 0.3) is 0 Å². The highest BCUT2D eigenvalue weighted by molar-refractivity contribution is 5.79. The minimum absolute atomic E-state index is 0.409. The first-order chi connectivity index (χ1) is 9.60. The van der Waals surface area contributed by atoms with Crippen LogP contribution in [-0.2, 0) is 0 Å². The highest BCUT2D eigenvalue weighted by Gasteiger charge is 2.09. The van der Waals surface area contributed by atoms with Crippen molar-refractivity contribution in [1.82, 2.24) is 0 Å². The summed E-state index contributed by atoms with van der Waals surface area (Å²) in [4.78, 5) is 0. The maximum Gasteiger partial charge on any atom is 0.131 e. The molecular formula is C17H19NO2. The molecular weight excluding hydrogens is 250 g/mol. The molecule has 0 saturated heterocycles. The molecule has 0 spiro atoms. The fourth-order valence-corrected chi connectivity index (χ4v) is 2.02. The summed E-state index contributed by atoms with van der Waals surface area (Å²) in [6.45, 7) is 6.36. The Morgan fingerprint density at radius 1 is 1.10 bits per heavy atom. The number of nitrogens with zero attached hydrogens (tertiary/aromatic N) is 1. The second-order valence-corrected chi connectivity index (χ2v) is 5.11. The summed E-state index contributed by atoms with van der Waals surface area (Å²) in [7, 11) is 0. The molecule has 0 bridgehead atoms. The number of hydrogen-bond acceptors (Lipinski definition) is 3. The Balaban J connectivity index is 2.27. The summed E-state index contributed by atoms with van der Waals surface area (Å²) >= 11 is 0. The Morgan fingerprint density at radius 3 is 2.40 bits per heavy atom. The van der Waals surface area contributed by atoms with Crippen LogP contribution >= 0.6 is 0 Å². The van der Waals surface area contributed by atoms with E-state index in [4.69, 9.17) is 9.94 Å². The third-order valence-corrected chi connectivity index (χ3v) is 3.11. The highest BCUT2D eigenvalue weighted by Crippen LogP contribution is 2.31. The van der Waals surface area contributed by atoms with Crippen molar-refractivity contribution in [1.29, 1.82) is 0 Å². The molecule has 0 atom stereocenters. The van der Waals surface area contributed by atoms with Crippen LogP contribution in [-0.4, -0.2) is 11.4 Å². The van der Waals surface area contributed by atoms with E-state index in [9.17, 15) is 0 Å². The predicted octanol–water partition coefficient (Wildman–Crippen LogP) is 4.72. The van der Waals surface area contributed by atoms with Crippen LogP contribution in [0.1, 0.15) is 36.5 Å². The predicted molar refractivity (Wildman–Crippen MR) is 81.2 cm³/mol. The van der Waals surface area contributed by atoms with Gasteiger partial charge in [0.15, 0.2) is 0 Å². The van der Waals surface area contributed by atoms with Crippen LogP contribution in [0.4, 0.5) is 0 Å². The van der Waals surface area contributed by atoms with Crippen LogP contribution in [0.15, 0.2) is 47.6 Å². The van der Waals surface area contributed by atoms with E-state index in [2.05, 4.69) is 44.1 Å². The van der Waals surface area contributed by atoms with Crippen molar-refractivity contribution in [3.8, 4) is 11.5 Å². The average molecular weight is 269 g/mol. The molecule has 0 aliphatic rings. The first kappa shape index (κ1) is 14.1. The maximum absolute atomic E-state index is 8.49. The van der Waals surface area contributed by atoms with Gasteiger partial charge in [-0.15, -0.1) is 0 Å². The maximum atomic E-state index is 8.49. The second-order valence-electron chi connectivity index (χ2n) is 5.11. The average Bonchev–Trinajstić information content (AvgIpc) is 2.41. The lowest BCUT2D eigenvalue weighted by Crippen LogP contribution is -1.95. The minimum atomic E-state index is 0.409. The zero-order valence-electron chi connectivity index (χ0n) is 12.0. The lowest BCUT2D eigenvalue weighted by molar-refractivity contribution is 0.322. The van der Waals surface area contributed by atoms with E-state index in [1.165, 1.54) is 17.3 Å². The molecule has 1 N–H and O–H groups in total. The Labute approximate surface area is 119 Å². The SMILES string of the molecule is Cc1ccc(C(C)C)c(Oc2ccc(/C=N/O)cc2)c1. The summed E-state index contributed by atoms with van der Waals surface area (Å²) < 4.78 is 5.98. The Bertz CT molecular complexity index is 601. The van der Waals surface area contributed by atoms with Gasteiger partial charge >= 0.3 is 0 Å². The number of rotatable bonds is 4. The van der Waals surface area contributed by atoms with E-state index in [-0.39, 0.29) is 0 Å². The molecule has 3 heteroatoms. The first-order valence-electron chi connectivity index (χ1n) is 6.66. The molecule has 0 heterocycles. The Kier molecular flexibility index (Phi) is 4.41. The zero-order chi connectivity index (χ0) is 14.5. The standard InChI is InChI=1S/C17H19NO2/c1-12(2)16-9-4-13(3)10-17(16)20-15-7-5-14(6-8-15)11-18-19/h4-12,19H,1-3H3/b18-11+. The number of ether oxygens (including phenoxy) is 1. The van der Waals surface area contributed by atoms with Gasteiger partial charge in [0, 0.05) is 0 Å². The van der Waals surface area contributed by atoms with E-state index in [1.54, 1.807) is 0 Å². The Morgan fingerprint density at radius 2 is 1.80 bits per heavy atom. The summed E-state index contributed by atoms with van der Waals surface area (Å²) in [5.74, 6) is 2.07. The molecule has 2 aromatic rings. The van der Waals surface area contributed by atoms with Crippen molar-refractivity contribution in [2.24, 2.45) is 5.16 Å². The minimum Gasteiger partial charge on any atom is -0.457 e. The highest BCUT2D eigenvalue weighted by atomic mass is 16.5. The normalized spacial score (nSPS) is 11.2. The molecule has 0 radical (unpaired) electrons. The third kappa shape index (κ3) is 3.38. The number of oxime groups is 1. The summed E-state index contributed by atoms with van der Waals surface area (Å²) in [6.07, 6.45) is 1.38. The molecule has 104 valence electrons. The third-order valence-electron chi connectivity index (χ3n) is 3.11. The Hall–Kier alpha value is -2.29. The molecule has 0 unspecified atom stereocenters. The van der Waals surface area contributed by atoms with Gasteiger partial charge < -0.3 is 9.94 Å². The van der Waals surface area contributed by atoms with Gasteiger partial charge in [0.1, 0.15) is 11.5 Å². The molecule has 0 saturated carbocycles. The number of hydrogen-bond donors (Lipinski definition) is 1. The fraction of sp³-hybridized carbons (Fsp3) is 0.235. The van der Waals surface area contributed by atoms with Gasteiger partial charge in [0.2, 0.25) is 0 Å². The summed E-state index contributed by atoms with van der Waals surface area (Å²) in [5.41, 5.74) is 3.19. The molecule has 2 aromatic carbocycles. The summed E-state index contributed by atoms with van der Waals surface area (Å²) in [6, 6.07) is 13.7. The number of aryl methyl sites for hydroxylation is 1. The fourth-order valence-electron chi connectivity index (χ4n) is 2.02. The van der Waals surface area contributed by atoms with Crippen molar-refractivity contribution in [2.75, 3.05) is 0 Å². The van der Waals surface area contributed by atoms with Gasteiger partial charge in [-0.3, -0.25) is 0 Å². The van der Waals surface area contributed by atoms with E-state index < -0.39 is 0 Å². The molecule has 2 rings (SSSR count). The molecule has 0 aliphatic heterocycles. The van der Waals surface area contributed by atoms with Gasteiger partial charge in [-0.2, -0.15) is 0 Å². The van der Waals surface area contributed by atoms with E-state index >= 15 is 0 Å². The monoisotopic (exact) mass is 269 g/mol. The van der Waals surface area contributed by atoms with Crippen molar-refractivity contribution >= 4 is 6.21 Å². The lowest BCUT2D eigenvalue weighted by Gasteiger charge is -2.14. The van der Waals surface area contributed by atoms with Crippen LogP contribution < -0.4 is 4.74 Å².